The first-order valence-corrected chi connectivity index (χ1v) is 8.04. The molecule has 25 heavy (non-hydrogen) atoms. The first-order chi connectivity index (χ1) is 12.2. The van der Waals surface area contributed by atoms with Crippen LogP contribution in [0.4, 0.5) is 0 Å². The molecule has 0 unspecified atom stereocenters. The lowest BCUT2D eigenvalue weighted by atomic mass is 10.1. The maximum atomic E-state index is 5.97. The Labute approximate surface area is 149 Å². The Morgan fingerprint density at radius 2 is 1.72 bits per heavy atom. The van der Waals surface area contributed by atoms with E-state index in [0.717, 1.165) is 22.5 Å². The van der Waals surface area contributed by atoms with Crippen LogP contribution in [0, 0.1) is 6.92 Å². The van der Waals surface area contributed by atoms with Gasteiger partial charge >= 0.3 is 0 Å². The molecule has 0 aliphatic carbocycles. The highest BCUT2D eigenvalue weighted by Crippen LogP contribution is 2.29. The van der Waals surface area contributed by atoms with Crippen molar-refractivity contribution >= 4 is 11.6 Å². The number of aryl methyl sites for hydroxylation is 1. The molecule has 4 rings (SSSR count). The predicted molar refractivity (Wildman–Crippen MR) is 95.4 cm³/mol. The van der Waals surface area contributed by atoms with Gasteiger partial charge in [0, 0.05) is 16.8 Å². The molecule has 0 atom stereocenters. The number of nitrogens with zero attached hydrogens (tertiary/aromatic N) is 6. The second-order valence-corrected chi connectivity index (χ2v) is 5.87. The molecule has 0 bridgehead atoms. The van der Waals surface area contributed by atoms with Gasteiger partial charge in [-0.3, -0.25) is 0 Å². The average molecular weight is 349 g/mol. The second kappa shape index (κ2) is 6.41. The molecule has 0 radical (unpaired) electrons. The summed E-state index contributed by atoms with van der Waals surface area (Å²) in [6.07, 6.45) is 1.75. The molecular weight excluding hydrogens is 336 g/mol. The number of hydrogen-bond acceptors (Lipinski definition) is 5. The van der Waals surface area contributed by atoms with E-state index in [0.29, 0.717) is 16.7 Å². The lowest BCUT2D eigenvalue weighted by Gasteiger charge is -2.10. The van der Waals surface area contributed by atoms with Crippen LogP contribution in [0.1, 0.15) is 5.82 Å². The number of tetrazole rings is 1. The van der Waals surface area contributed by atoms with Crippen LogP contribution in [0.5, 0.6) is 0 Å². The van der Waals surface area contributed by atoms with Crippen molar-refractivity contribution in [3.8, 4) is 28.3 Å². The van der Waals surface area contributed by atoms with Gasteiger partial charge in [0.15, 0.2) is 5.82 Å². The SMILES string of the molecule is Cc1ncc(-c2nnnn2-c2ccc(Cl)cc2)c(-c2ccccc2)n1. The zero-order valence-corrected chi connectivity index (χ0v) is 14.1. The Hall–Kier alpha value is -3.12. The molecule has 122 valence electrons. The van der Waals surface area contributed by atoms with Crippen molar-refractivity contribution in [2.24, 2.45) is 0 Å². The van der Waals surface area contributed by atoms with Crippen molar-refractivity contribution in [1.82, 2.24) is 30.2 Å². The van der Waals surface area contributed by atoms with Gasteiger partial charge in [0.2, 0.25) is 0 Å². The Bertz CT molecular complexity index is 1010. The van der Waals surface area contributed by atoms with E-state index >= 15 is 0 Å². The molecule has 2 aromatic carbocycles. The standard InChI is InChI=1S/C18H13ClN6/c1-12-20-11-16(17(21-12)13-5-3-2-4-6-13)18-22-23-24-25(18)15-9-7-14(19)8-10-15/h2-11H,1H3. The van der Waals surface area contributed by atoms with Crippen LogP contribution in [0.2, 0.25) is 5.02 Å². The van der Waals surface area contributed by atoms with Crippen LogP contribution in [-0.4, -0.2) is 30.2 Å². The normalized spacial score (nSPS) is 10.8. The van der Waals surface area contributed by atoms with Gasteiger partial charge in [-0.2, -0.15) is 4.68 Å². The largest absolute Gasteiger partial charge is 0.241 e. The molecular formula is C18H13ClN6. The van der Waals surface area contributed by atoms with E-state index in [1.165, 1.54) is 0 Å². The molecule has 0 aliphatic rings. The summed E-state index contributed by atoms with van der Waals surface area (Å²) in [5.41, 5.74) is 3.34. The van der Waals surface area contributed by atoms with Crippen molar-refractivity contribution in [2.75, 3.05) is 0 Å². The molecule has 0 aliphatic heterocycles. The van der Waals surface area contributed by atoms with E-state index in [2.05, 4.69) is 25.5 Å². The summed E-state index contributed by atoms with van der Waals surface area (Å²) in [6, 6.07) is 17.2. The van der Waals surface area contributed by atoms with Gasteiger partial charge in [0.1, 0.15) is 5.82 Å². The third kappa shape index (κ3) is 2.99. The highest BCUT2D eigenvalue weighted by molar-refractivity contribution is 6.30. The summed E-state index contributed by atoms with van der Waals surface area (Å²) < 4.78 is 1.65. The van der Waals surface area contributed by atoms with E-state index in [-0.39, 0.29) is 0 Å². The number of halogens is 1. The van der Waals surface area contributed by atoms with Crippen molar-refractivity contribution in [3.63, 3.8) is 0 Å². The van der Waals surface area contributed by atoms with E-state index in [4.69, 9.17) is 11.6 Å². The van der Waals surface area contributed by atoms with Crippen LogP contribution in [-0.2, 0) is 0 Å². The number of rotatable bonds is 3. The monoisotopic (exact) mass is 348 g/mol. The molecule has 0 fully saturated rings. The molecule has 7 heteroatoms. The minimum Gasteiger partial charge on any atom is -0.241 e. The summed E-state index contributed by atoms with van der Waals surface area (Å²) >= 11 is 5.97. The molecule has 2 heterocycles. The summed E-state index contributed by atoms with van der Waals surface area (Å²) in [4.78, 5) is 8.94. The van der Waals surface area contributed by atoms with Crippen LogP contribution in [0.15, 0.2) is 60.8 Å². The molecule has 0 saturated carbocycles. The molecule has 0 saturated heterocycles. The molecule has 2 aromatic heterocycles. The Balaban J connectivity index is 1.90. The van der Waals surface area contributed by atoms with Gasteiger partial charge in [-0.05, 0) is 41.6 Å². The summed E-state index contributed by atoms with van der Waals surface area (Å²) in [5.74, 6) is 1.26. The zero-order valence-electron chi connectivity index (χ0n) is 13.3. The maximum Gasteiger partial charge on any atom is 0.190 e. The van der Waals surface area contributed by atoms with Gasteiger partial charge in [0.25, 0.3) is 0 Å². The van der Waals surface area contributed by atoms with Crippen LogP contribution in [0.3, 0.4) is 0 Å². The Morgan fingerprint density at radius 3 is 2.48 bits per heavy atom. The fraction of sp³-hybridized carbons (Fsp3) is 0.0556. The summed E-state index contributed by atoms with van der Waals surface area (Å²) in [5, 5.41) is 12.8. The van der Waals surface area contributed by atoms with Crippen molar-refractivity contribution in [3.05, 3.63) is 71.6 Å². The fourth-order valence-corrected chi connectivity index (χ4v) is 2.69. The van der Waals surface area contributed by atoms with E-state index in [1.807, 2.05) is 49.4 Å². The first kappa shape index (κ1) is 15.4. The van der Waals surface area contributed by atoms with Crippen molar-refractivity contribution < 1.29 is 0 Å². The Kier molecular flexibility index (Phi) is 3.95. The van der Waals surface area contributed by atoms with Gasteiger partial charge in [0.05, 0.1) is 16.9 Å². The maximum absolute atomic E-state index is 5.97. The topological polar surface area (TPSA) is 69.4 Å². The highest BCUT2D eigenvalue weighted by atomic mass is 35.5. The van der Waals surface area contributed by atoms with E-state index < -0.39 is 0 Å². The number of benzene rings is 2. The van der Waals surface area contributed by atoms with Crippen LogP contribution < -0.4 is 0 Å². The molecule has 6 nitrogen and oxygen atoms in total. The van der Waals surface area contributed by atoms with Crippen molar-refractivity contribution in [1.29, 1.82) is 0 Å². The Morgan fingerprint density at radius 1 is 0.960 bits per heavy atom. The summed E-state index contributed by atoms with van der Waals surface area (Å²) in [6.45, 7) is 1.86. The lowest BCUT2D eigenvalue weighted by Crippen LogP contribution is -2.03. The second-order valence-electron chi connectivity index (χ2n) is 5.44. The van der Waals surface area contributed by atoms with Gasteiger partial charge in [-0.15, -0.1) is 5.10 Å². The minimum absolute atomic E-state index is 0.571. The molecule has 4 aromatic rings. The molecule has 0 spiro atoms. The first-order valence-electron chi connectivity index (χ1n) is 7.66. The number of aromatic nitrogens is 6. The number of hydrogen-bond donors (Lipinski definition) is 0. The quantitative estimate of drug-likeness (QED) is 0.564. The zero-order chi connectivity index (χ0) is 17.2. The predicted octanol–water partition coefficient (Wildman–Crippen LogP) is 3.75. The van der Waals surface area contributed by atoms with E-state index in [1.54, 1.807) is 23.0 Å². The summed E-state index contributed by atoms with van der Waals surface area (Å²) in [7, 11) is 0. The lowest BCUT2D eigenvalue weighted by molar-refractivity contribution is 0.791. The van der Waals surface area contributed by atoms with Crippen LogP contribution >= 0.6 is 11.6 Å². The third-order valence-electron chi connectivity index (χ3n) is 3.74. The fourth-order valence-electron chi connectivity index (χ4n) is 2.56. The van der Waals surface area contributed by atoms with Crippen LogP contribution in [0.25, 0.3) is 28.3 Å². The van der Waals surface area contributed by atoms with Gasteiger partial charge in [-0.25, -0.2) is 9.97 Å². The van der Waals surface area contributed by atoms with Crippen molar-refractivity contribution in [2.45, 2.75) is 6.92 Å². The minimum atomic E-state index is 0.571. The van der Waals surface area contributed by atoms with Gasteiger partial charge in [-0.1, -0.05) is 41.9 Å². The average Bonchev–Trinajstić information content (AvgIpc) is 3.12. The molecule has 0 amide bonds. The smallest absolute Gasteiger partial charge is 0.190 e. The van der Waals surface area contributed by atoms with Gasteiger partial charge < -0.3 is 0 Å². The third-order valence-corrected chi connectivity index (χ3v) is 3.99. The molecule has 0 N–H and O–H groups in total. The highest BCUT2D eigenvalue weighted by Gasteiger charge is 2.17. The van der Waals surface area contributed by atoms with E-state index in [9.17, 15) is 0 Å².